The van der Waals surface area contributed by atoms with Crippen LogP contribution in [0.2, 0.25) is 0 Å². The van der Waals surface area contributed by atoms with Gasteiger partial charge >= 0.3 is 0 Å². The number of aromatic amines is 1. The summed E-state index contributed by atoms with van der Waals surface area (Å²) < 4.78 is 1.03. The van der Waals surface area contributed by atoms with Gasteiger partial charge in [0.2, 0.25) is 0 Å². The van der Waals surface area contributed by atoms with Gasteiger partial charge in [0.1, 0.15) is 5.69 Å². The molecule has 18 heavy (non-hydrogen) atoms. The van der Waals surface area contributed by atoms with Crippen molar-refractivity contribution in [3.05, 3.63) is 49.0 Å². The van der Waals surface area contributed by atoms with Gasteiger partial charge < -0.3 is 4.90 Å². The van der Waals surface area contributed by atoms with Gasteiger partial charge in [0, 0.05) is 18.0 Å². The molecular weight excluding hydrogens is 318 g/mol. The molecule has 0 saturated carbocycles. The van der Waals surface area contributed by atoms with Gasteiger partial charge in [-0.1, -0.05) is 0 Å². The molecule has 7 heteroatoms. The van der Waals surface area contributed by atoms with Gasteiger partial charge in [-0.25, -0.2) is 5.10 Å². The minimum atomic E-state index is -0.323. The van der Waals surface area contributed by atoms with Crippen LogP contribution in [0, 0.1) is 0 Å². The number of rotatable bonds is 3. The largest absolute Gasteiger partial charge is 0.335 e. The number of nitrogens with zero attached hydrogens (tertiary/aromatic N) is 2. The molecule has 0 aromatic carbocycles. The molecule has 0 fully saturated rings. The Hall–Kier alpha value is -1.47. The van der Waals surface area contributed by atoms with E-state index < -0.39 is 0 Å². The number of nitrogens with one attached hydrogen (secondary N) is 1. The van der Waals surface area contributed by atoms with Gasteiger partial charge in [-0.05, 0) is 34.1 Å². The molecule has 2 aromatic rings. The summed E-state index contributed by atoms with van der Waals surface area (Å²) in [5, 5.41) is 5.96. The first-order valence-corrected chi connectivity index (χ1v) is 6.72. The van der Waals surface area contributed by atoms with Gasteiger partial charge in [0.25, 0.3) is 11.5 Å². The van der Waals surface area contributed by atoms with E-state index in [0.29, 0.717) is 6.54 Å². The maximum atomic E-state index is 12.0. The van der Waals surface area contributed by atoms with E-state index in [1.807, 2.05) is 12.1 Å². The molecule has 0 saturated heterocycles. The number of halogens is 1. The lowest BCUT2D eigenvalue weighted by atomic mass is 10.3. The average molecular weight is 328 g/mol. The molecule has 0 spiro atoms. The molecule has 0 unspecified atom stereocenters. The van der Waals surface area contributed by atoms with E-state index in [4.69, 9.17) is 0 Å². The molecule has 5 nitrogen and oxygen atoms in total. The zero-order valence-corrected chi connectivity index (χ0v) is 11.9. The van der Waals surface area contributed by atoms with Crippen LogP contribution in [0.1, 0.15) is 15.4 Å². The summed E-state index contributed by atoms with van der Waals surface area (Å²) >= 11 is 4.95. The van der Waals surface area contributed by atoms with Crippen molar-refractivity contribution < 1.29 is 4.79 Å². The van der Waals surface area contributed by atoms with Crippen LogP contribution in [0.25, 0.3) is 0 Å². The number of H-pyrrole nitrogens is 1. The first kappa shape index (κ1) is 13.0. The van der Waals surface area contributed by atoms with E-state index in [-0.39, 0.29) is 17.2 Å². The molecule has 1 amide bonds. The third-order valence-electron chi connectivity index (χ3n) is 2.27. The molecule has 0 aliphatic carbocycles. The van der Waals surface area contributed by atoms with E-state index in [0.717, 1.165) is 8.66 Å². The van der Waals surface area contributed by atoms with Gasteiger partial charge in [-0.2, -0.15) is 5.10 Å². The molecule has 0 bridgehead atoms. The summed E-state index contributed by atoms with van der Waals surface area (Å²) in [5.74, 6) is -0.226. The minimum absolute atomic E-state index is 0.226. The zero-order chi connectivity index (χ0) is 13.1. The van der Waals surface area contributed by atoms with Crippen molar-refractivity contribution in [2.75, 3.05) is 7.05 Å². The van der Waals surface area contributed by atoms with Crippen LogP contribution in [-0.4, -0.2) is 28.1 Å². The summed E-state index contributed by atoms with van der Waals surface area (Å²) in [4.78, 5) is 25.5. The maximum Gasteiger partial charge on any atom is 0.274 e. The van der Waals surface area contributed by atoms with E-state index in [2.05, 4.69) is 26.1 Å². The Morgan fingerprint density at radius 3 is 2.78 bits per heavy atom. The highest BCUT2D eigenvalue weighted by Crippen LogP contribution is 2.23. The zero-order valence-electron chi connectivity index (χ0n) is 9.51. The lowest BCUT2D eigenvalue weighted by Gasteiger charge is -2.15. The summed E-state index contributed by atoms with van der Waals surface area (Å²) in [6.07, 6.45) is 0. The quantitative estimate of drug-likeness (QED) is 0.935. The van der Waals surface area contributed by atoms with Crippen LogP contribution in [0.5, 0.6) is 0 Å². The number of carbonyl (C=O) groups is 1. The van der Waals surface area contributed by atoms with Crippen LogP contribution in [-0.2, 0) is 6.54 Å². The number of thiophene rings is 1. The highest BCUT2D eigenvalue weighted by molar-refractivity contribution is 9.11. The molecule has 0 atom stereocenters. The SMILES string of the molecule is CN(Cc1ccc(Br)s1)C(=O)c1ccc(=O)[nH]n1. The molecule has 0 aliphatic rings. The van der Waals surface area contributed by atoms with E-state index in [1.54, 1.807) is 23.3 Å². The summed E-state index contributed by atoms with van der Waals surface area (Å²) in [7, 11) is 1.70. The van der Waals surface area contributed by atoms with E-state index >= 15 is 0 Å². The lowest BCUT2D eigenvalue weighted by Crippen LogP contribution is -2.27. The lowest BCUT2D eigenvalue weighted by molar-refractivity contribution is 0.0779. The number of hydrogen-bond acceptors (Lipinski definition) is 4. The standard InChI is InChI=1S/C11H10BrN3O2S/c1-15(6-7-2-4-9(12)18-7)11(17)8-3-5-10(16)14-13-8/h2-5H,6H2,1H3,(H,14,16). The predicted molar refractivity (Wildman–Crippen MR) is 72.7 cm³/mol. The average Bonchev–Trinajstić information content (AvgIpc) is 2.75. The van der Waals surface area contributed by atoms with Crippen molar-refractivity contribution >= 4 is 33.2 Å². The molecule has 2 heterocycles. The summed E-state index contributed by atoms with van der Waals surface area (Å²) in [6.45, 7) is 0.510. The smallest absolute Gasteiger partial charge is 0.274 e. The minimum Gasteiger partial charge on any atom is -0.335 e. The van der Waals surface area contributed by atoms with E-state index in [1.165, 1.54) is 12.1 Å². The fraction of sp³-hybridized carbons (Fsp3) is 0.182. The van der Waals surface area contributed by atoms with Gasteiger partial charge in [-0.15, -0.1) is 11.3 Å². The fourth-order valence-corrected chi connectivity index (χ4v) is 2.94. The first-order valence-electron chi connectivity index (χ1n) is 5.11. The molecule has 1 N–H and O–H groups in total. The Bertz CT molecular complexity index is 602. The Morgan fingerprint density at radius 2 is 2.22 bits per heavy atom. The van der Waals surface area contributed by atoms with E-state index in [9.17, 15) is 9.59 Å². The Kier molecular flexibility index (Phi) is 3.93. The monoisotopic (exact) mass is 327 g/mol. The van der Waals surface area contributed by atoms with Crippen LogP contribution in [0.15, 0.2) is 32.8 Å². The van der Waals surface area contributed by atoms with Gasteiger partial charge in [0.05, 0.1) is 10.3 Å². The second-order valence-electron chi connectivity index (χ2n) is 3.67. The van der Waals surface area contributed by atoms with Gasteiger partial charge in [-0.3, -0.25) is 9.59 Å². The molecular formula is C11H10BrN3O2S. The van der Waals surface area contributed by atoms with Crippen molar-refractivity contribution in [3.63, 3.8) is 0 Å². The maximum absolute atomic E-state index is 12.0. The highest BCUT2D eigenvalue weighted by atomic mass is 79.9. The summed E-state index contributed by atoms with van der Waals surface area (Å²) in [6, 6.07) is 6.60. The van der Waals surface area contributed by atoms with Crippen LogP contribution < -0.4 is 5.56 Å². The molecule has 94 valence electrons. The van der Waals surface area contributed by atoms with Crippen LogP contribution in [0.3, 0.4) is 0 Å². The van der Waals surface area contributed by atoms with Crippen molar-refractivity contribution in [3.8, 4) is 0 Å². The van der Waals surface area contributed by atoms with Gasteiger partial charge in [0.15, 0.2) is 0 Å². The highest BCUT2D eigenvalue weighted by Gasteiger charge is 2.14. The normalized spacial score (nSPS) is 10.3. The predicted octanol–water partition coefficient (Wildman–Crippen LogP) is 1.87. The van der Waals surface area contributed by atoms with Crippen molar-refractivity contribution in [2.45, 2.75) is 6.54 Å². The molecule has 2 aromatic heterocycles. The second-order valence-corrected chi connectivity index (χ2v) is 6.22. The third kappa shape index (κ3) is 3.05. The van der Waals surface area contributed by atoms with Crippen molar-refractivity contribution in [1.29, 1.82) is 0 Å². The summed E-state index contributed by atoms with van der Waals surface area (Å²) in [5.41, 5.74) is -0.0934. The Morgan fingerprint density at radius 1 is 1.44 bits per heavy atom. The number of aromatic nitrogens is 2. The topological polar surface area (TPSA) is 66.1 Å². The molecule has 2 rings (SSSR count). The molecule has 0 radical (unpaired) electrons. The van der Waals surface area contributed by atoms with Crippen LogP contribution in [0.4, 0.5) is 0 Å². The van der Waals surface area contributed by atoms with Crippen LogP contribution >= 0.6 is 27.3 Å². The Balaban J connectivity index is 2.09. The second kappa shape index (κ2) is 5.45. The number of amides is 1. The number of carbonyl (C=O) groups excluding carboxylic acids is 1. The first-order chi connectivity index (χ1) is 8.56. The van der Waals surface area contributed by atoms with Crippen molar-refractivity contribution in [1.82, 2.24) is 15.1 Å². The third-order valence-corrected chi connectivity index (χ3v) is 3.88. The molecule has 0 aliphatic heterocycles. The van der Waals surface area contributed by atoms with Crippen molar-refractivity contribution in [2.24, 2.45) is 0 Å². The number of hydrogen-bond donors (Lipinski definition) is 1. The fourth-order valence-electron chi connectivity index (χ4n) is 1.40. The Labute approximate surface area is 116 Å².